The molecule has 0 radical (unpaired) electrons. The molecule has 0 saturated carbocycles. The molecular weight excluding hydrogens is 572 g/mol. The molecule has 0 amide bonds. The number of benzene rings is 2. The summed E-state index contributed by atoms with van der Waals surface area (Å²) in [6.07, 6.45) is -1.17. The van der Waals surface area contributed by atoms with Gasteiger partial charge in [-0.15, -0.1) is 0 Å². The lowest BCUT2D eigenvalue weighted by atomic mass is 10.2. The molecule has 0 aliphatic heterocycles. The number of hydrogen-bond donors (Lipinski definition) is 1. The highest BCUT2D eigenvalue weighted by atomic mass is 16.6. The number of ether oxygens (including phenoxy) is 4. The Morgan fingerprint density at radius 2 is 1.07 bits per heavy atom. The molecule has 0 spiro atoms. The molecule has 2 aromatic carbocycles. The zero-order valence-electron chi connectivity index (χ0n) is 26.1. The van der Waals surface area contributed by atoms with E-state index in [1.807, 2.05) is 13.8 Å². The lowest BCUT2D eigenvalue weighted by Crippen LogP contribution is -2.26. The van der Waals surface area contributed by atoms with Crippen LogP contribution in [-0.4, -0.2) is 47.6 Å². The predicted molar refractivity (Wildman–Crippen MR) is 164 cm³/mol. The highest BCUT2D eigenvalue weighted by molar-refractivity contribution is 5.91. The van der Waals surface area contributed by atoms with Crippen molar-refractivity contribution >= 4 is 33.9 Å². The molecular formula is C33H38O11. The normalized spacial score (nSPS) is 11.6. The summed E-state index contributed by atoms with van der Waals surface area (Å²) in [4.78, 5) is 50.4. The summed E-state index contributed by atoms with van der Waals surface area (Å²) in [5, 5.41) is 10.7. The zero-order chi connectivity index (χ0) is 32.8. The van der Waals surface area contributed by atoms with E-state index < -0.39 is 40.1 Å². The van der Waals surface area contributed by atoms with Crippen molar-refractivity contribution in [2.45, 2.75) is 72.7 Å². The first kappa shape index (κ1) is 33.9. The van der Waals surface area contributed by atoms with Gasteiger partial charge in [-0.05, 0) is 65.8 Å². The van der Waals surface area contributed by atoms with Crippen LogP contribution in [0.15, 0.2) is 67.0 Å². The van der Waals surface area contributed by atoms with Crippen LogP contribution in [0.25, 0.3) is 21.9 Å². The summed E-state index contributed by atoms with van der Waals surface area (Å²) >= 11 is 0. The minimum Gasteiger partial charge on any atom is -0.490 e. The third kappa shape index (κ3) is 8.70. The van der Waals surface area contributed by atoms with Crippen LogP contribution in [0.2, 0.25) is 0 Å². The standard InChI is InChI=1S/C31H32O11.C2H6/c1-30(2,3)41-28(35)24-13-18(33)26-20(9-7-11-22(26)39-24)37-15-17(32)16-38-21-10-8-12-23-27(21)19(34)14-25(40-23)29(36)42-31(4,5)6;1-2/h7-14,17,32H,15-16H2,1-6H3;1-2H3. The molecule has 4 rings (SSSR count). The van der Waals surface area contributed by atoms with Gasteiger partial charge >= 0.3 is 11.9 Å². The molecule has 2 aromatic heterocycles. The van der Waals surface area contributed by atoms with Crippen molar-refractivity contribution in [1.82, 2.24) is 0 Å². The van der Waals surface area contributed by atoms with Crippen molar-refractivity contribution in [3.8, 4) is 11.5 Å². The SMILES string of the molecule is CC.CC(C)(C)OC(=O)c1cc(=O)c2c(OCC(O)COc3cccc4oc(C(=O)OC(C)(C)C)cc(=O)c34)cccc2o1. The summed E-state index contributed by atoms with van der Waals surface area (Å²) < 4.78 is 33.1. The van der Waals surface area contributed by atoms with E-state index in [4.69, 9.17) is 27.8 Å². The minimum absolute atomic E-state index is 0.0883. The molecule has 0 fully saturated rings. The first-order chi connectivity index (χ1) is 20.6. The van der Waals surface area contributed by atoms with Crippen molar-refractivity contribution in [3.63, 3.8) is 0 Å². The Kier molecular flexibility index (Phi) is 10.6. The van der Waals surface area contributed by atoms with Gasteiger partial charge in [-0.1, -0.05) is 26.0 Å². The Morgan fingerprint density at radius 1 is 0.705 bits per heavy atom. The number of carbonyl (C=O) groups is 2. The van der Waals surface area contributed by atoms with Gasteiger partial charge in [0, 0.05) is 12.1 Å². The predicted octanol–water partition coefficient (Wildman–Crippen LogP) is 5.65. The molecule has 1 N–H and O–H groups in total. The van der Waals surface area contributed by atoms with E-state index in [2.05, 4.69) is 0 Å². The second kappa shape index (κ2) is 13.8. The largest absolute Gasteiger partial charge is 0.490 e. The number of esters is 2. The van der Waals surface area contributed by atoms with Gasteiger partial charge in [0.1, 0.15) is 64.0 Å². The maximum Gasteiger partial charge on any atom is 0.374 e. The van der Waals surface area contributed by atoms with Crippen LogP contribution in [0.5, 0.6) is 11.5 Å². The molecule has 236 valence electrons. The van der Waals surface area contributed by atoms with Crippen molar-refractivity contribution in [3.05, 3.63) is 80.5 Å². The molecule has 2 heterocycles. The van der Waals surface area contributed by atoms with E-state index in [9.17, 15) is 24.3 Å². The van der Waals surface area contributed by atoms with E-state index in [-0.39, 0.29) is 58.2 Å². The summed E-state index contributed by atoms with van der Waals surface area (Å²) in [6, 6.07) is 11.3. The van der Waals surface area contributed by atoms with Crippen molar-refractivity contribution in [2.24, 2.45) is 0 Å². The maximum absolute atomic E-state index is 12.8. The molecule has 11 nitrogen and oxygen atoms in total. The fraction of sp³-hybridized carbons (Fsp3) is 0.394. The number of rotatable bonds is 8. The Bertz CT molecular complexity index is 1620. The summed E-state index contributed by atoms with van der Waals surface area (Å²) in [6.45, 7) is 13.6. The Balaban J connectivity index is 0.00000259. The fourth-order valence-corrected chi connectivity index (χ4v) is 3.87. The van der Waals surface area contributed by atoms with Crippen LogP contribution >= 0.6 is 0 Å². The lowest BCUT2D eigenvalue weighted by molar-refractivity contribution is 0.00249. The smallest absolute Gasteiger partial charge is 0.374 e. The number of carbonyl (C=O) groups excluding carboxylic acids is 2. The van der Waals surface area contributed by atoms with E-state index in [1.54, 1.807) is 53.7 Å². The molecule has 0 unspecified atom stereocenters. The summed E-state index contributed by atoms with van der Waals surface area (Å²) in [5.74, 6) is -1.77. The van der Waals surface area contributed by atoms with Crippen molar-refractivity contribution in [1.29, 1.82) is 0 Å². The van der Waals surface area contributed by atoms with E-state index >= 15 is 0 Å². The molecule has 0 bridgehead atoms. The molecule has 0 saturated heterocycles. The first-order valence-electron chi connectivity index (χ1n) is 14.2. The van der Waals surface area contributed by atoms with Gasteiger partial charge in [-0.25, -0.2) is 9.59 Å². The van der Waals surface area contributed by atoms with Gasteiger partial charge in [0.25, 0.3) is 0 Å². The minimum atomic E-state index is -1.17. The van der Waals surface area contributed by atoms with Crippen molar-refractivity contribution < 1.29 is 42.5 Å². The molecule has 11 heteroatoms. The first-order valence-corrected chi connectivity index (χ1v) is 14.2. The monoisotopic (exact) mass is 610 g/mol. The van der Waals surface area contributed by atoms with Gasteiger partial charge in [-0.2, -0.15) is 0 Å². The van der Waals surface area contributed by atoms with Crippen LogP contribution in [0.4, 0.5) is 0 Å². The summed E-state index contributed by atoms with van der Waals surface area (Å²) in [5.41, 5.74) is -2.36. The molecule has 0 atom stereocenters. The summed E-state index contributed by atoms with van der Waals surface area (Å²) in [7, 11) is 0. The van der Waals surface area contributed by atoms with Gasteiger partial charge in [0.05, 0.1) is 0 Å². The fourth-order valence-electron chi connectivity index (χ4n) is 3.87. The highest BCUT2D eigenvalue weighted by Gasteiger charge is 2.23. The number of aliphatic hydroxyl groups excluding tert-OH is 1. The van der Waals surface area contributed by atoms with Crippen LogP contribution < -0.4 is 20.3 Å². The Labute approximate surface area is 254 Å². The van der Waals surface area contributed by atoms with E-state index in [1.165, 1.54) is 24.3 Å². The topological polar surface area (TPSA) is 152 Å². The number of hydrogen-bond acceptors (Lipinski definition) is 11. The maximum atomic E-state index is 12.8. The van der Waals surface area contributed by atoms with Gasteiger partial charge < -0.3 is 32.9 Å². The van der Waals surface area contributed by atoms with Gasteiger partial charge in [0.15, 0.2) is 10.9 Å². The van der Waals surface area contributed by atoms with Gasteiger partial charge in [0.2, 0.25) is 11.5 Å². The van der Waals surface area contributed by atoms with Crippen LogP contribution in [0.1, 0.15) is 76.5 Å². The molecule has 0 aliphatic carbocycles. The number of aliphatic hydroxyl groups is 1. The van der Waals surface area contributed by atoms with E-state index in [0.29, 0.717) is 0 Å². The Morgan fingerprint density at radius 3 is 1.41 bits per heavy atom. The highest BCUT2D eigenvalue weighted by Crippen LogP contribution is 2.26. The van der Waals surface area contributed by atoms with Gasteiger partial charge in [-0.3, -0.25) is 9.59 Å². The molecule has 44 heavy (non-hydrogen) atoms. The molecule has 4 aromatic rings. The van der Waals surface area contributed by atoms with Crippen LogP contribution in [-0.2, 0) is 9.47 Å². The average Bonchev–Trinajstić information content (AvgIpc) is 2.93. The average molecular weight is 611 g/mol. The molecule has 0 aliphatic rings. The quantitative estimate of drug-likeness (QED) is 0.246. The Hall–Kier alpha value is -4.64. The third-order valence-electron chi connectivity index (χ3n) is 5.50. The zero-order valence-corrected chi connectivity index (χ0v) is 26.1. The van der Waals surface area contributed by atoms with Crippen LogP contribution in [0.3, 0.4) is 0 Å². The third-order valence-corrected chi connectivity index (χ3v) is 5.50. The van der Waals surface area contributed by atoms with Crippen LogP contribution in [0, 0.1) is 0 Å². The second-order valence-corrected chi connectivity index (χ2v) is 11.5. The number of fused-ring (bicyclic) bond motifs is 2. The van der Waals surface area contributed by atoms with E-state index in [0.717, 1.165) is 12.1 Å². The second-order valence-electron chi connectivity index (χ2n) is 11.5. The van der Waals surface area contributed by atoms with Crippen molar-refractivity contribution in [2.75, 3.05) is 13.2 Å². The lowest BCUT2D eigenvalue weighted by Gasteiger charge is -2.19.